The normalized spacial score (nSPS) is 27.3. The van der Waals surface area contributed by atoms with Crippen molar-refractivity contribution in [3.05, 3.63) is 24.2 Å². The maximum atomic E-state index is 12.1. The van der Waals surface area contributed by atoms with Crippen LogP contribution in [0.4, 0.5) is 0 Å². The Bertz CT molecular complexity index is 667. The van der Waals surface area contributed by atoms with E-state index in [1.54, 1.807) is 17.0 Å². The number of nitrogens with one attached hydrogen (secondary N) is 1. The van der Waals surface area contributed by atoms with Crippen molar-refractivity contribution in [2.24, 2.45) is 5.92 Å². The molecule has 2 aliphatic rings. The third kappa shape index (κ3) is 3.16. The first-order valence-electron chi connectivity index (χ1n) is 7.24. The average Bonchev–Trinajstić information content (AvgIpc) is 3.16. The Labute approximate surface area is 128 Å². The summed E-state index contributed by atoms with van der Waals surface area (Å²) in [4.78, 5) is 25.7. The van der Waals surface area contributed by atoms with E-state index in [1.165, 1.54) is 6.26 Å². The van der Waals surface area contributed by atoms with Gasteiger partial charge in [-0.25, -0.2) is 8.42 Å². The number of nitrogens with zero attached hydrogens (tertiary/aromatic N) is 1. The highest BCUT2D eigenvalue weighted by atomic mass is 32.2. The fourth-order valence-corrected chi connectivity index (χ4v) is 4.74. The summed E-state index contributed by atoms with van der Waals surface area (Å²) in [7, 11) is -3.04. The second kappa shape index (κ2) is 5.75. The van der Waals surface area contributed by atoms with Gasteiger partial charge in [-0.3, -0.25) is 9.59 Å². The predicted octanol–water partition coefficient (Wildman–Crippen LogP) is -0.0686. The Morgan fingerprint density at radius 3 is 2.91 bits per heavy atom. The summed E-state index contributed by atoms with van der Waals surface area (Å²) >= 11 is 0. The zero-order chi connectivity index (χ0) is 15.7. The number of hydrogen-bond acceptors (Lipinski definition) is 5. The molecule has 0 aromatic carbocycles. The number of carbonyl (C=O) groups is 2. The lowest BCUT2D eigenvalue weighted by Crippen LogP contribution is -2.38. The van der Waals surface area contributed by atoms with Crippen molar-refractivity contribution in [1.82, 2.24) is 10.2 Å². The van der Waals surface area contributed by atoms with Gasteiger partial charge in [0.05, 0.1) is 30.2 Å². The van der Waals surface area contributed by atoms with Gasteiger partial charge in [0.25, 0.3) is 0 Å². The van der Waals surface area contributed by atoms with E-state index in [4.69, 9.17) is 4.42 Å². The van der Waals surface area contributed by atoms with Crippen LogP contribution in [0.25, 0.3) is 0 Å². The largest absolute Gasteiger partial charge is 0.467 e. The van der Waals surface area contributed by atoms with Gasteiger partial charge < -0.3 is 14.6 Å². The molecule has 2 saturated heterocycles. The van der Waals surface area contributed by atoms with E-state index in [9.17, 15) is 18.0 Å². The van der Waals surface area contributed by atoms with Gasteiger partial charge >= 0.3 is 0 Å². The van der Waals surface area contributed by atoms with E-state index in [0.717, 1.165) is 0 Å². The van der Waals surface area contributed by atoms with Gasteiger partial charge in [-0.05, 0) is 18.6 Å². The van der Waals surface area contributed by atoms with Gasteiger partial charge in [-0.15, -0.1) is 0 Å². The molecule has 0 bridgehead atoms. The van der Waals surface area contributed by atoms with Crippen LogP contribution >= 0.6 is 0 Å². The lowest BCUT2D eigenvalue weighted by molar-refractivity contribution is -0.130. The molecule has 0 aliphatic carbocycles. The molecule has 1 aromatic rings. The van der Waals surface area contributed by atoms with E-state index in [1.807, 2.05) is 0 Å². The fraction of sp³-hybridized carbons (Fsp3) is 0.571. The molecule has 7 nitrogen and oxygen atoms in total. The number of amides is 2. The van der Waals surface area contributed by atoms with E-state index < -0.39 is 15.8 Å². The van der Waals surface area contributed by atoms with Crippen LogP contribution in [0.3, 0.4) is 0 Å². The van der Waals surface area contributed by atoms with Crippen molar-refractivity contribution in [3.8, 4) is 0 Å². The first-order valence-corrected chi connectivity index (χ1v) is 9.07. The minimum atomic E-state index is -3.04. The van der Waals surface area contributed by atoms with Crippen LogP contribution in [-0.4, -0.2) is 49.2 Å². The van der Waals surface area contributed by atoms with Crippen LogP contribution in [0.5, 0.6) is 0 Å². The summed E-state index contributed by atoms with van der Waals surface area (Å²) in [6.07, 6.45) is 2.14. The highest BCUT2D eigenvalue weighted by Crippen LogP contribution is 2.26. The zero-order valence-corrected chi connectivity index (χ0v) is 12.8. The fourth-order valence-electron chi connectivity index (χ4n) is 3.01. The molecule has 0 saturated carbocycles. The standard InChI is InChI=1S/C14H18N2O5S/c17-13-6-10(14(18)15-7-12-2-1-4-21-12)8-16(13)11-3-5-22(19,20)9-11/h1-2,4,10-11H,3,5-9H2,(H,15,18)/t10-,11+/m0/s1. The Balaban J connectivity index is 1.56. The Hall–Kier alpha value is -1.83. The molecule has 22 heavy (non-hydrogen) atoms. The molecule has 120 valence electrons. The molecule has 3 heterocycles. The van der Waals surface area contributed by atoms with E-state index in [0.29, 0.717) is 18.7 Å². The number of sulfone groups is 1. The van der Waals surface area contributed by atoms with Crippen LogP contribution in [0.1, 0.15) is 18.6 Å². The van der Waals surface area contributed by atoms with Crippen LogP contribution in [-0.2, 0) is 26.0 Å². The van der Waals surface area contributed by atoms with Crippen molar-refractivity contribution in [2.45, 2.75) is 25.4 Å². The maximum absolute atomic E-state index is 12.1. The van der Waals surface area contributed by atoms with Gasteiger partial charge in [-0.1, -0.05) is 0 Å². The van der Waals surface area contributed by atoms with E-state index >= 15 is 0 Å². The number of hydrogen-bond donors (Lipinski definition) is 1. The van der Waals surface area contributed by atoms with Crippen LogP contribution in [0.15, 0.2) is 22.8 Å². The Kier molecular flexibility index (Phi) is 3.94. The molecular formula is C14H18N2O5S. The van der Waals surface area contributed by atoms with Crippen molar-refractivity contribution in [2.75, 3.05) is 18.1 Å². The summed E-state index contributed by atoms with van der Waals surface area (Å²) in [5.74, 6) is 0.0200. The highest BCUT2D eigenvalue weighted by molar-refractivity contribution is 7.91. The molecule has 8 heteroatoms. The summed E-state index contributed by atoms with van der Waals surface area (Å²) in [5, 5.41) is 2.75. The number of furan rings is 1. The molecule has 2 fully saturated rings. The van der Waals surface area contributed by atoms with Crippen LogP contribution in [0.2, 0.25) is 0 Å². The second-order valence-corrected chi connectivity index (χ2v) is 8.03. The Morgan fingerprint density at radius 1 is 1.45 bits per heavy atom. The number of carbonyl (C=O) groups excluding carboxylic acids is 2. The SMILES string of the molecule is O=C(NCc1ccco1)[C@H]1CC(=O)N([C@@H]2CCS(=O)(=O)C2)C1. The molecule has 0 spiro atoms. The highest BCUT2D eigenvalue weighted by Gasteiger charge is 2.41. The summed E-state index contributed by atoms with van der Waals surface area (Å²) in [5.41, 5.74) is 0. The maximum Gasteiger partial charge on any atom is 0.225 e. The topological polar surface area (TPSA) is 96.7 Å². The molecule has 1 aromatic heterocycles. The molecular weight excluding hydrogens is 308 g/mol. The van der Waals surface area contributed by atoms with E-state index in [-0.39, 0.29) is 42.3 Å². The Morgan fingerprint density at radius 2 is 2.27 bits per heavy atom. The minimum Gasteiger partial charge on any atom is -0.467 e. The van der Waals surface area contributed by atoms with Crippen LogP contribution < -0.4 is 5.32 Å². The second-order valence-electron chi connectivity index (χ2n) is 5.80. The molecule has 2 aliphatic heterocycles. The predicted molar refractivity (Wildman–Crippen MR) is 77.4 cm³/mol. The lowest BCUT2D eigenvalue weighted by atomic mass is 10.1. The average molecular weight is 326 g/mol. The molecule has 0 radical (unpaired) electrons. The van der Waals surface area contributed by atoms with Gasteiger partial charge in [-0.2, -0.15) is 0 Å². The van der Waals surface area contributed by atoms with E-state index in [2.05, 4.69) is 5.32 Å². The van der Waals surface area contributed by atoms with Crippen LogP contribution in [0, 0.1) is 5.92 Å². The first kappa shape index (κ1) is 15.1. The van der Waals surface area contributed by atoms with Crippen molar-refractivity contribution < 1.29 is 22.4 Å². The number of rotatable bonds is 4. The van der Waals surface area contributed by atoms with Gasteiger partial charge in [0.15, 0.2) is 9.84 Å². The summed E-state index contributed by atoms with van der Waals surface area (Å²) in [6, 6.07) is 3.22. The quantitative estimate of drug-likeness (QED) is 0.835. The monoisotopic (exact) mass is 326 g/mol. The van der Waals surface area contributed by atoms with Gasteiger partial charge in [0.2, 0.25) is 11.8 Å². The third-order valence-electron chi connectivity index (χ3n) is 4.20. The van der Waals surface area contributed by atoms with Crippen molar-refractivity contribution >= 4 is 21.7 Å². The third-order valence-corrected chi connectivity index (χ3v) is 5.95. The number of likely N-dealkylation sites (tertiary alicyclic amines) is 1. The van der Waals surface area contributed by atoms with Crippen molar-refractivity contribution in [3.63, 3.8) is 0 Å². The molecule has 1 N–H and O–H groups in total. The molecule has 3 rings (SSSR count). The minimum absolute atomic E-state index is 0.0134. The summed E-state index contributed by atoms with van der Waals surface area (Å²) < 4.78 is 28.2. The first-order chi connectivity index (χ1) is 10.4. The molecule has 0 unspecified atom stereocenters. The smallest absolute Gasteiger partial charge is 0.225 e. The van der Waals surface area contributed by atoms with Crippen molar-refractivity contribution in [1.29, 1.82) is 0 Å². The lowest BCUT2D eigenvalue weighted by Gasteiger charge is -2.22. The zero-order valence-electron chi connectivity index (χ0n) is 12.0. The molecule has 2 amide bonds. The van der Waals surface area contributed by atoms with Gasteiger partial charge in [0, 0.05) is 19.0 Å². The summed E-state index contributed by atoms with van der Waals surface area (Å²) in [6.45, 7) is 0.581. The molecule has 2 atom stereocenters. The van der Waals surface area contributed by atoms with Gasteiger partial charge in [0.1, 0.15) is 5.76 Å².